The minimum absolute atomic E-state index is 0.597. The van der Waals surface area contributed by atoms with E-state index in [0.717, 1.165) is 60.7 Å². The predicted molar refractivity (Wildman–Crippen MR) is 149 cm³/mol. The summed E-state index contributed by atoms with van der Waals surface area (Å²) in [6, 6.07) is 38.3. The highest BCUT2D eigenvalue weighted by atomic mass is 16.3. The molecule has 0 aliphatic rings. The van der Waals surface area contributed by atoms with E-state index >= 15 is 0 Å². The maximum absolute atomic E-state index is 7.25. The van der Waals surface area contributed by atoms with Crippen LogP contribution in [0.2, 0.25) is 0 Å². The van der Waals surface area contributed by atoms with Crippen molar-refractivity contribution in [2.45, 2.75) is 0 Å². The molecule has 0 aliphatic carbocycles. The molecular formula is C33H19N3O. The zero-order chi connectivity index (χ0) is 24.8. The molecule has 4 heteroatoms. The van der Waals surface area contributed by atoms with E-state index in [1.54, 1.807) is 0 Å². The van der Waals surface area contributed by atoms with E-state index in [2.05, 4.69) is 41.2 Å². The molecular weight excluding hydrogens is 454 g/mol. The first-order valence-corrected chi connectivity index (χ1v) is 12.0. The van der Waals surface area contributed by atoms with Gasteiger partial charge < -0.3 is 4.42 Å². The van der Waals surface area contributed by atoms with Crippen LogP contribution >= 0.6 is 0 Å². The van der Waals surface area contributed by atoms with Crippen molar-refractivity contribution >= 4 is 38.5 Å². The number of oxazole rings is 1. The Balaban J connectivity index is 1.56. The lowest BCUT2D eigenvalue weighted by molar-refractivity contribution is 0.620. The van der Waals surface area contributed by atoms with Gasteiger partial charge in [0.25, 0.3) is 0 Å². The predicted octanol–water partition coefficient (Wildman–Crippen LogP) is 9.08. The first kappa shape index (κ1) is 21.0. The summed E-state index contributed by atoms with van der Waals surface area (Å²) in [6.45, 7) is 7.25. The highest BCUT2D eigenvalue weighted by Gasteiger charge is 2.18. The maximum Gasteiger partial charge on any atom is 0.227 e. The van der Waals surface area contributed by atoms with Crippen molar-refractivity contribution in [3.63, 3.8) is 0 Å². The van der Waals surface area contributed by atoms with Crippen LogP contribution in [0.25, 0.3) is 71.5 Å². The Morgan fingerprint density at radius 3 is 2.03 bits per heavy atom. The van der Waals surface area contributed by atoms with Gasteiger partial charge in [0.05, 0.1) is 17.8 Å². The molecule has 0 atom stereocenters. The first-order chi connectivity index (χ1) is 18.3. The van der Waals surface area contributed by atoms with Gasteiger partial charge in [0.15, 0.2) is 11.3 Å². The van der Waals surface area contributed by atoms with E-state index in [1.165, 1.54) is 0 Å². The largest absolute Gasteiger partial charge is 0.436 e. The van der Waals surface area contributed by atoms with Crippen molar-refractivity contribution in [3.05, 3.63) is 127 Å². The molecule has 4 nitrogen and oxygen atoms in total. The minimum atomic E-state index is 0.597. The second-order valence-corrected chi connectivity index (χ2v) is 8.94. The van der Waals surface area contributed by atoms with Crippen molar-refractivity contribution in [2.24, 2.45) is 0 Å². The molecule has 2 heterocycles. The number of hydrogen-bond donors (Lipinski definition) is 0. The lowest BCUT2D eigenvalue weighted by atomic mass is 9.96. The molecule has 0 unspecified atom stereocenters. The number of hydrogen-bond acceptors (Lipinski definition) is 3. The van der Waals surface area contributed by atoms with Crippen molar-refractivity contribution in [2.75, 3.05) is 0 Å². The average molecular weight is 474 g/mol. The fourth-order valence-corrected chi connectivity index (χ4v) is 4.91. The van der Waals surface area contributed by atoms with Gasteiger partial charge in [-0.05, 0) is 47.5 Å². The maximum atomic E-state index is 7.25. The lowest BCUT2D eigenvalue weighted by Gasteiger charge is -2.12. The Kier molecular flexibility index (Phi) is 4.80. The molecule has 0 fully saturated rings. The fourth-order valence-electron chi connectivity index (χ4n) is 4.91. The Morgan fingerprint density at radius 1 is 0.595 bits per heavy atom. The third kappa shape index (κ3) is 3.53. The summed E-state index contributed by atoms with van der Waals surface area (Å²) in [6.07, 6.45) is 0. The molecule has 0 aliphatic heterocycles. The van der Waals surface area contributed by atoms with Gasteiger partial charge in [0.1, 0.15) is 5.52 Å². The van der Waals surface area contributed by atoms with Crippen molar-refractivity contribution in [1.82, 2.24) is 9.97 Å². The number of rotatable bonds is 3. The summed E-state index contributed by atoms with van der Waals surface area (Å²) < 4.78 is 6.24. The summed E-state index contributed by atoms with van der Waals surface area (Å²) in [4.78, 5) is 13.6. The van der Waals surface area contributed by atoms with Crippen LogP contribution in [0.4, 0.5) is 5.69 Å². The lowest BCUT2D eigenvalue weighted by Crippen LogP contribution is -1.91. The van der Waals surface area contributed by atoms with E-state index in [4.69, 9.17) is 21.0 Å². The van der Waals surface area contributed by atoms with Gasteiger partial charge in [-0.2, -0.15) is 0 Å². The number of nitrogens with zero attached hydrogens (tertiary/aromatic N) is 3. The molecule has 0 radical (unpaired) electrons. The van der Waals surface area contributed by atoms with Crippen LogP contribution in [0.15, 0.2) is 120 Å². The summed E-state index contributed by atoms with van der Waals surface area (Å²) in [7, 11) is 0. The van der Waals surface area contributed by atoms with Crippen molar-refractivity contribution < 1.29 is 4.42 Å². The van der Waals surface area contributed by atoms with Crippen LogP contribution in [-0.4, -0.2) is 9.97 Å². The molecule has 0 amide bonds. The normalized spacial score (nSPS) is 11.2. The van der Waals surface area contributed by atoms with Crippen LogP contribution in [0.1, 0.15) is 0 Å². The topological polar surface area (TPSA) is 43.3 Å². The Bertz CT molecular complexity index is 1970. The van der Waals surface area contributed by atoms with Crippen LogP contribution in [-0.2, 0) is 0 Å². The molecule has 172 valence electrons. The van der Waals surface area contributed by atoms with Gasteiger partial charge >= 0.3 is 0 Å². The van der Waals surface area contributed by atoms with Crippen LogP contribution in [0.3, 0.4) is 0 Å². The van der Waals surface area contributed by atoms with Gasteiger partial charge in [-0.1, -0.05) is 78.9 Å². The van der Waals surface area contributed by atoms with Gasteiger partial charge in [-0.3, -0.25) is 0 Å². The summed E-state index contributed by atoms with van der Waals surface area (Å²) in [5, 5.41) is 3.06. The Morgan fingerprint density at radius 2 is 1.30 bits per heavy atom. The number of fused-ring (bicyclic) bond motifs is 5. The van der Waals surface area contributed by atoms with E-state index in [-0.39, 0.29) is 0 Å². The molecule has 37 heavy (non-hydrogen) atoms. The molecule has 0 saturated carbocycles. The zero-order valence-electron chi connectivity index (χ0n) is 19.7. The van der Waals surface area contributed by atoms with Gasteiger partial charge in [-0.25, -0.2) is 14.8 Å². The van der Waals surface area contributed by atoms with Crippen LogP contribution in [0.5, 0.6) is 0 Å². The van der Waals surface area contributed by atoms with Gasteiger partial charge in [0, 0.05) is 27.3 Å². The summed E-state index contributed by atoms with van der Waals surface area (Å²) >= 11 is 0. The highest BCUT2D eigenvalue weighted by Crippen LogP contribution is 2.39. The smallest absolute Gasteiger partial charge is 0.227 e. The van der Waals surface area contributed by atoms with E-state index in [9.17, 15) is 0 Å². The molecule has 0 spiro atoms. The minimum Gasteiger partial charge on any atom is -0.436 e. The van der Waals surface area contributed by atoms with E-state index in [1.807, 2.05) is 78.9 Å². The molecule has 7 rings (SSSR count). The van der Waals surface area contributed by atoms with Crippen LogP contribution < -0.4 is 0 Å². The average Bonchev–Trinajstić information content (AvgIpc) is 3.42. The van der Waals surface area contributed by atoms with Gasteiger partial charge in [-0.15, -0.1) is 0 Å². The second kappa shape index (κ2) is 8.44. The monoisotopic (exact) mass is 473 g/mol. The highest BCUT2D eigenvalue weighted by molar-refractivity contribution is 6.21. The molecule has 5 aromatic carbocycles. The standard InChI is InChI=1S/C33H19N3O/c1-34-25-15-12-21(13-16-25)24-14-18-28-27(20-24)30-26(31(35-28)22-8-4-2-5-9-22)17-19-29-32(30)36-33(37-29)23-10-6-3-7-11-23/h2-20H. The third-order valence-electron chi connectivity index (χ3n) is 6.71. The number of benzene rings is 5. The molecule has 0 saturated heterocycles. The van der Waals surface area contributed by atoms with Gasteiger partial charge in [0.2, 0.25) is 5.89 Å². The third-order valence-corrected chi connectivity index (χ3v) is 6.71. The quantitative estimate of drug-likeness (QED) is 0.190. The van der Waals surface area contributed by atoms with Crippen molar-refractivity contribution in [1.29, 1.82) is 0 Å². The second-order valence-electron chi connectivity index (χ2n) is 8.94. The van der Waals surface area contributed by atoms with E-state index < -0.39 is 0 Å². The molecule has 0 N–H and O–H groups in total. The summed E-state index contributed by atoms with van der Waals surface area (Å²) in [5.74, 6) is 0.597. The molecule has 0 bridgehead atoms. The number of pyridine rings is 1. The zero-order valence-corrected chi connectivity index (χ0v) is 19.7. The summed E-state index contributed by atoms with van der Waals surface area (Å²) in [5.41, 5.74) is 8.10. The Labute approximate surface area is 213 Å². The fraction of sp³-hybridized carbons (Fsp3) is 0. The van der Waals surface area contributed by atoms with E-state index in [0.29, 0.717) is 11.6 Å². The number of aromatic nitrogens is 2. The first-order valence-electron chi connectivity index (χ1n) is 12.0. The van der Waals surface area contributed by atoms with Crippen molar-refractivity contribution in [3.8, 4) is 33.8 Å². The Hall–Kier alpha value is -5.27. The SMILES string of the molecule is [C-]#[N+]c1ccc(-c2ccc3nc(-c4ccccc4)c4ccc5oc(-c6ccccc6)nc5c4c3c2)cc1. The van der Waals surface area contributed by atoms with Crippen LogP contribution in [0, 0.1) is 6.57 Å². The molecule has 7 aromatic rings. The molecule has 2 aromatic heterocycles.